The van der Waals surface area contributed by atoms with E-state index >= 15 is 0 Å². The van der Waals surface area contributed by atoms with Crippen LogP contribution in [0.25, 0.3) is 11.5 Å². The standard InChI is InChI=1S/C14H17N3O4/c1-4-5-12(18)15-14-17-16-13(21-14)10-7-6-9(19-2)8-11(10)20-3/h6-8H,4-5H2,1-3H3,(H,15,17,18). The Morgan fingerprint density at radius 2 is 2.10 bits per heavy atom. The molecule has 0 bridgehead atoms. The smallest absolute Gasteiger partial charge is 0.322 e. The molecule has 0 aliphatic rings. The molecule has 112 valence electrons. The second-order valence-electron chi connectivity index (χ2n) is 4.28. The fourth-order valence-electron chi connectivity index (χ4n) is 1.77. The quantitative estimate of drug-likeness (QED) is 0.880. The molecule has 0 aliphatic carbocycles. The average molecular weight is 291 g/mol. The minimum absolute atomic E-state index is 0.0707. The van der Waals surface area contributed by atoms with Crippen LogP contribution in [0.5, 0.6) is 11.5 Å². The van der Waals surface area contributed by atoms with Gasteiger partial charge in [0.15, 0.2) is 0 Å². The van der Waals surface area contributed by atoms with Crippen molar-refractivity contribution in [3.8, 4) is 23.0 Å². The van der Waals surface area contributed by atoms with E-state index in [1.54, 1.807) is 32.4 Å². The summed E-state index contributed by atoms with van der Waals surface area (Å²) in [7, 11) is 3.11. The zero-order valence-electron chi connectivity index (χ0n) is 12.2. The van der Waals surface area contributed by atoms with E-state index in [9.17, 15) is 4.79 Å². The zero-order valence-corrected chi connectivity index (χ0v) is 12.2. The number of ether oxygens (including phenoxy) is 2. The minimum atomic E-state index is -0.158. The Morgan fingerprint density at radius 1 is 1.29 bits per heavy atom. The summed E-state index contributed by atoms with van der Waals surface area (Å²) in [5.74, 6) is 1.31. The first kappa shape index (κ1) is 14.8. The molecule has 1 heterocycles. The van der Waals surface area contributed by atoms with Crippen LogP contribution in [0.15, 0.2) is 22.6 Å². The maximum absolute atomic E-state index is 11.5. The minimum Gasteiger partial charge on any atom is -0.497 e. The number of carbonyl (C=O) groups excluding carboxylic acids is 1. The number of nitrogens with one attached hydrogen (secondary N) is 1. The highest BCUT2D eigenvalue weighted by Crippen LogP contribution is 2.32. The van der Waals surface area contributed by atoms with Crippen LogP contribution >= 0.6 is 0 Å². The van der Waals surface area contributed by atoms with Gasteiger partial charge in [-0.1, -0.05) is 12.0 Å². The van der Waals surface area contributed by atoms with Crippen molar-refractivity contribution in [3.63, 3.8) is 0 Å². The van der Waals surface area contributed by atoms with E-state index in [1.165, 1.54) is 0 Å². The maximum Gasteiger partial charge on any atom is 0.322 e. The number of methoxy groups -OCH3 is 2. The van der Waals surface area contributed by atoms with Crippen LogP contribution in [0.1, 0.15) is 19.8 Å². The summed E-state index contributed by atoms with van der Waals surface area (Å²) in [6.07, 6.45) is 1.16. The summed E-state index contributed by atoms with van der Waals surface area (Å²) in [5, 5.41) is 10.3. The molecule has 0 atom stereocenters. The molecule has 0 aliphatic heterocycles. The molecule has 0 spiro atoms. The van der Waals surface area contributed by atoms with Gasteiger partial charge in [0.05, 0.1) is 19.8 Å². The number of carbonyl (C=O) groups is 1. The van der Waals surface area contributed by atoms with Crippen molar-refractivity contribution in [1.82, 2.24) is 10.2 Å². The van der Waals surface area contributed by atoms with Gasteiger partial charge in [0.1, 0.15) is 11.5 Å². The summed E-state index contributed by atoms with van der Waals surface area (Å²) >= 11 is 0. The third-order valence-electron chi connectivity index (χ3n) is 2.79. The van der Waals surface area contributed by atoms with Gasteiger partial charge in [0.2, 0.25) is 5.91 Å². The molecular formula is C14H17N3O4. The molecule has 2 aromatic rings. The van der Waals surface area contributed by atoms with E-state index in [0.29, 0.717) is 23.5 Å². The third kappa shape index (κ3) is 3.50. The van der Waals surface area contributed by atoms with Gasteiger partial charge in [0, 0.05) is 12.5 Å². The number of aromatic nitrogens is 2. The summed E-state index contributed by atoms with van der Waals surface area (Å²) in [6, 6.07) is 5.30. The Labute approximate surface area is 122 Å². The molecular weight excluding hydrogens is 274 g/mol. The number of hydrogen-bond donors (Lipinski definition) is 1. The summed E-state index contributed by atoms with van der Waals surface area (Å²) in [6.45, 7) is 1.92. The number of amides is 1. The molecule has 0 radical (unpaired) electrons. The molecule has 0 unspecified atom stereocenters. The molecule has 7 heteroatoms. The fourth-order valence-corrected chi connectivity index (χ4v) is 1.77. The Morgan fingerprint density at radius 3 is 2.76 bits per heavy atom. The lowest BCUT2D eigenvalue weighted by Gasteiger charge is -2.07. The maximum atomic E-state index is 11.5. The second-order valence-corrected chi connectivity index (χ2v) is 4.28. The van der Waals surface area contributed by atoms with E-state index in [2.05, 4.69) is 15.5 Å². The molecule has 1 aromatic heterocycles. The van der Waals surface area contributed by atoms with Gasteiger partial charge in [0.25, 0.3) is 5.89 Å². The van der Waals surface area contributed by atoms with E-state index in [-0.39, 0.29) is 17.8 Å². The highest BCUT2D eigenvalue weighted by atomic mass is 16.5. The number of hydrogen-bond acceptors (Lipinski definition) is 6. The Bertz CT molecular complexity index is 624. The van der Waals surface area contributed by atoms with Crippen molar-refractivity contribution in [1.29, 1.82) is 0 Å². The lowest BCUT2D eigenvalue weighted by atomic mass is 10.2. The summed E-state index contributed by atoms with van der Waals surface area (Å²) in [5.41, 5.74) is 0.627. The van der Waals surface area contributed by atoms with Gasteiger partial charge in [-0.2, -0.15) is 0 Å². The van der Waals surface area contributed by atoms with Crippen molar-refractivity contribution < 1.29 is 18.7 Å². The number of nitrogens with zero attached hydrogens (tertiary/aromatic N) is 2. The van der Waals surface area contributed by atoms with Gasteiger partial charge < -0.3 is 13.9 Å². The molecule has 1 aromatic carbocycles. The Hall–Kier alpha value is -2.57. The topological polar surface area (TPSA) is 86.5 Å². The molecule has 21 heavy (non-hydrogen) atoms. The van der Waals surface area contributed by atoms with Crippen molar-refractivity contribution in [2.45, 2.75) is 19.8 Å². The molecule has 7 nitrogen and oxygen atoms in total. The molecule has 2 rings (SSSR count). The van der Waals surface area contributed by atoms with Gasteiger partial charge in [-0.05, 0) is 18.6 Å². The first-order chi connectivity index (χ1) is 10.2. The van der Waals surface area contributed by atoms with Crippen LogP contribution in [-0.2, 0) is 4.79 Å². The molecule has 1 N–H and O–H groups in total. The van der Waals surface area contributed by atoms with E-state index < -0.39 is 0 Å². The van der Waals surface area contributed by atoms with Crippen molar-refractivity contribution in [2.75, 3.05) is 19.5 Å². The Balaban J connectivity index is 2.23. The van der Waals surface area contributed by atoms with Gasteiger partial charge in [-0.15, -0.1) is 5.10 Å². The van der Waals surface area contributed by atoms with E-state index in [0.717, 1.165) is 6.42 Å². The molecule has 1 amide bonds. The van der Waals surface area contributed by atoms with Crippen LogP contribution in [0, 0.1) is 0 Å². The summed E-state index contributed by atoms with van der Waals surface area (Å²) < 4.78 is 15.8. The first-order valence-corrected chi connectivity index (χ1v) is 6.53. The van der Waals surface area contributed by atoms with Crippen LogP contribution in [-0.4, -0.2) is 30.3 Å². The fraction of sp³-hybridized carbons (Fsp3) is 0.357. The van der Waals surface area contributed by atoms with Crippen LogP contribution in [0.3, 0.4) is 0 Å². The monoisotopic (exact) mass is 291 g/mol. The first-order valence-electron chi connectivity index (χ1n) is 6.53. The van der Waals surface area contributed by atoms with Gasteiger partial charge in [-0.3, -0.25) is 10.1 Å². The lowest BCUT2D eigenvalue weighted by molar-refractivity contribution is -0.116. The van der Waals surface area contributed by atoms with Gasteiger partial charge >= 0.3 is 6.01 Å². The number of rotatable bonds is 6. The Kier molecular flexibility index (Phi) is 4.76. The van der Waals surface area contributed by atoms with E-state index in [1.807, 2.05) is 6.92 Å². The van der Waals surface area contributed by atoms with Crippen molar-refractivity contribution >= 4 is 11.9 Å². The number of anilines is 1. The predicted molar refractivity (Wildman–Crippen MR) is 76.4 cm³/mol. The highest BCUT2D eigenvalue weighted by molar-refractivity contribution is 5.88. The van der Waals surface area contributed by atoms with Crippen LogP contribution in [0.2, 0.25) is 0 Å². The number of benzene rings is 1. The normalized spacial score (nSPS) is 10.2. The average Bonchev–Trinajstić information content (AvgIpc) is 2.94. The third-order valence-corrected chi connectivity index (χ3v) is 2.79. The zero-order chi connectivity index (χ0) is 15.2. The molecule has 0 saturated carbocycles. The largest absolute Gasteiger partial charge is 0.497 e. The highest BCUT2D eigenvalue weighted by Gasteiger charge is 2.15. The van der Waals surface area contributed by atoms with Gasteiger partial charge in [-0.25, -0.2) is 0 Å². The summed E-state index contributed by atoms with van der Waals surface area (Å²) in [4.78, 5) is 11.5. The van der Waals surface area contributed by atoms with Crippen molar-refractivity contribution in [3.05, 3.63) is 18.2 Å². The van der Waals surface area contributed by atoms with Crippen molar-refractivity contribution in [2.24, 2.45) is 0 Å². The molecule has 0 saturated heterocycles. The van der Waals surface area contributed by atoms with Crippen LogP contribution in [0.4, 0.5) is 6.01 Å². The predicted octanol–water partition coefficient (Wildman–Crippen LogP) is 2.49. The SMILES string of the molecule is CCCC(=O)Nc1nnc(-c2ccc(OC)cc2OC)o1. The second kappa shape index (κ2) is 6.74. The molecule has 0 fully saturated rings. The lowest BCUT2D eigenvalue weighted by Crippen LogP contribution is -2.10. The van der Waals surface area contributed by atoms with E-state index in [4.69, 9.17) is 13.9 Å². The van der Waals surface area contributed by atoms with Crippen LogP contribution < -0.4 is 14.8 Å².